The molecule has 0 aliphatic carbocycles. The summed E-state index contributed by atoms with van der Waals surface area (Å²) in [5.74, 6) is 0.812. The lowest BCUT2D eigenvalue weighted by Crippen LogP contribution is -1.88. The van der Waals surface area contributed by atoms with Crippen LogP contribution in [0.1, 0.15) is 22.3 Å². The number of nitrogens with two attached hydrogens (primary N) is 1. The summed E-state index contributed by atoms with van der Waals surface area (Å²) in [6.07, 6.45) is 8.11. The summed E-state index contributed by atoms with van der Waals surface area (Å²) < 4.78 is 5.54. The van der Waals surface area contributed by atoms with E-state index in [2.05, 4.69) is 10.9 Å². The molecule has 0 saturated heterocycles. The lowest BCUT2D eigenvalue weighted by Gasteiger charge is -2.06. The summed E-state index contributed by atoms with van der Waals surface area (Å²) in [5, 5.41) is 0. The minimum absolute atomic E-state index is 0.645. The molecule has 0 saturated carbocycles. The Balaban J connectivity index is 1.78. The molecular formula is C24H20N2O. The zero-order valence-electron chi connectivity index (χ0n) is 15.1. The Morgan fingerprint density at radius 1 is 0.778 bits per heavy atom. The molecule has 0 heterocycles. The van der Waals surface area contributed by atoms with Gasteiger partial charge in [-0.1, -0.05) is 72.8 Å². The standard InChI is InChI=1S/C24H20N2O/c1-26-23-15-9-18(10-16-23)3-4-20-6-12-21(24(17-20)27-2)11-5-19-7-13-22(25)14-8-19/h3-17H,25H2,2H3. The Hall–Kier alpha value is -3.77. The SMILES string of the molecule is [C-]#[N+]c1ccc(C=Cc2ccc(C=Cc3ccc(N)cc3)c(OC)c2)cc1. The van der Waals surface area contributed by atoms with E-state index in [-0.39, 0.29) is 0 Å². The Morgan fingerprint density at radius 2 is 1.33 bits per heavy atom. The third kappa shape index (κ3) is 4.87. The van der Waals surface area contributed by atoms with E-state index >= 15 is 0 Å². The van der Waals surface area contributed by atoms with E-state index in [1.807, 2.05) is 85.0 Å². The van der Waals surface area contributed by atoms with Gasteiger partial charge in [-0.15, -0.1) is 0 Å². The summed E-state index contributed by atoms with van der Waals surface area (Å²) in [6.45, 7) is 7.00. The summed E-state index contributed by atoms with van der Waals surface area (Å²) >= 11 is 0. The molecule has 0 radical (unpaired) electrons. The molecule has 0 atom stereocenters. The molecule has 0 unspecified atom stereocenters. The van der Waals surface area contributed by atoms with Crippen molar-refractivity contribution in [1.29, 1.82) is 0 Å². The monoisotopic (exact) mass is 352 g/mol. The Bertz CT molecular complexity index is 1010. The molecule has 0 fully saturated rings. The van der Waals surface area contributed by atoms with Gasteiger partial charge in [0.05, 0.1) is 13.7 Å². The maximum absolute atomic E-state index is 7.00. The minimum atomic E-state index is 0.645. The van der Waals surface area contributed by atoms with Crippen LogP contribution in [0.2, 0.25) is 0 Å². The molecule has 0 aromatic heterocycles. The smallest absolute Gasteiger partial charge is 0.187 e. The van der Waals surface area contributed by atoms with Crippen molar-refractivity contribution in [2.45, 2.75) is 0 Å². The Labute approximate surface area is 159 Å². The molecule has 0 bridgehead atoms. The first-order chi connectivity index (χ1) is 13.2. The first-order valence-corrected chi connectivity index (χ1v) is 8.55. The molecule has 0 amide bonds. The van der Waals surface area contributed by atoms with E-state index in [0.717, 1.165) is 33.7 Å². The summed E-state index contributed by atoms with van der Waals surface area (Å²) in [7, 11) is 1.67. The predicted molar refractivity (Wildman–Crippen MR) is 114 cm³/mol. The summed E-state index contributed by atoms with van der Waals surface area (Å²) in [4.78, 5) is 3.40. The largest absolute Gasteiger partial charge is 0.496 e. The molecule has 2 N–H and O–H groups in total. The van der Waals surface area contributed by atoms with Gasteiger partial charge in [-0.2, -0.15) is 0 Å². The highest BCUT2D eigenvalue weighted by Crippen LogP contribution is 2.24. The fourth-order valence-electron chi connectivity index (χ4n) is 2.61. The van der Waals surface area contributed by atoms with Crippen LogP contribution in [-0.2, 0) is 0 Å². The number of ether oxygens (including phenoxy) is 1. The quantitative estimate of drug-likeness (QED) is 0.339. The number of methoxy groups -OCH3 is 1. The molecule has 0 aliphatic heterocycles. The van der Waals surface area contributed by atoms with Crippen molar-refractivity contribution in [3.05, 3.63) is 100 Å². The first kappa shape index (κ1) is 18.0. The number of anilines is 1. The Morgan fingerprint density at radius 3 is 1.96 bits per heavy atom. The van der Waals surface area contributed by atoms with Gasteiger partial charge in [0.25, 0.3) is 0 Å². The summed E-state index contributed by atoms with van der Waals surface area (Å²) in [5.41, 5.74) is 11.3. The van der Waals surface area contributed by atoms with E-state index in [9.17, 15) is 0 Å². The maximum atomic E-state index is 7.00. The van der Waals surface area contributed by atoms with Crippen molar-refractivity contribution < 1.29 is 4.74 Å². The average molecular weight is 352 g/mol. The molecule has 3 heteroatoms. The fraction of sp³-hybridized carbons (Fsp3) is 0.0417. The number of nitrogens with zero attached hydrogens (tertiary/aromatic N) is 1. The van der Waals surface area contributed by atoms with Crippen LogP contribution in [-0.4, -0.2) is 7.11 Å². The Kier molecular flexibility index (Phi) is 5.71. The van der Waals surface area contributed by atoms with E-state index in [1.54, 1.807) is 7.11 Å². The van der Waals surface area contributed by atoms with Gasteiger partial charge in [0.2, 0.25) is 0 Å². The van der Waals surface area contributed by atoms with Gasteiger partial charge < -0.3 is 10.5 Å². The van der Waals surface area contributed by atoms with Crippen molar-refractivity contribution in [2.24, 2.45) is 0 Å². The first-order valence-electron chi connectivity index (χ1n) is 8.55. The van der Waals surface area contributed by atoms with Gasteiger partial charge in [-0.05, 0) is 34.9 Å². The zero-order chi connectivity index (χ0) is 19.1. The van der Waals surface area contributed by atoms with Gasteiger partial charge >= 0.3 is 0 Å². The lowest BCUT2D eigenvalue weighted by atomic mass is 10.1. The van der Waals surface area contributed by atoms with Crippen LogP contribution in [0.15, 0.2) is 66.7 Å². The predicted octanol–water partition coefficient (Wildman–Crippen LogP) is 6.17. The fourth-order valence-corrected chi connectivity index (χ4v) is 2.61. The molecule has 132 valence electrons. The van der Waals surface area contributed by atoms with E-state index in [1.165, 1.54) is 0 Å². The highest BCUT2D eigenvalue weighted by atomic mass is 16.5. The molecule has 27 heavy (non-hydrogen) atoms. The number of benzene rings is 3. The van der Waals surface area contributed by atoms with Gasteiger partial charge in [0.15, 0.2) is 5.69 Å². The van der Waals surface area contributed by atoms with E-state index in [4.69, 9.17) is 17.0 Å². The van der Waals surface area contributed by atoms with Crippen LogP contribution >= 0.6 is 0 Å². The number of hydrogen-bond donors (Lipinski definition) is 1. The number of hydrogen-bond acceptors (Lipinski definition) is 2. The van der Waals surface area contributed by atoms with E-state index in [0.29, 0.717) is 5.69 Å². The van der Waals surface area contributed by atoms with Crippen LogP contribution in [0.25, 0.3) is 29.1 Å². The van der Waals surface area contributed by atoms with Crippen molar-refractivity contribution >= 4 is 35.7 Å². The minimum Gasteiger partial charge on any atom is -0.496 e. The highest BCUT2D eigenvalue weighted by Gasteiger charge is 2.01. The van der Waals surface area contributed by atoms with Crippen molar-refractivity contribution in [3.63, 3.8) is 0 Å². The zero-order valence-corrected chi connectivity index (χ0v) is 15.1. The average Bonchev–Trinajstić information content (AvgIpc) is 2.72. The molecule has 0 spiro atoms. The second kappa shape index (κ2) is 8.55. The third-order valence-corrected chi connectivity index (χ3v) is 4.14. The van der Waals surface area contributed by atoms with Gasteiger partial charge in [0.1, 0.15) is 5.75 Å². The van der Waals surface area contributed by atoms with E-state index < -0.39 is 0 Å². The highest BCUT2D eigenvalue weighted by molar-refractivity contribution is 5.76. The van der Waals surface area contributed by atoms with Crippen molar-refractivity contribution in [1.82, 2.24) is 0 Å². The normalized spacial score (nSPS) is 11.0. The maximum Gasteiger partial charge on any atom is 0.187 e. The molecule has 3 aromatic carbocycles. The lowest BCUT2D eigenvalue weighted by molar-refractivity contribution is 0.414. The van der Waals surface area contributed by atoms with Crippen molar-refractivity contribution in [3.8, 4) is 5.75 Å². The van der Waals surface area contributed by atoms with Gasteiger partial charge in [-0.25, -0.2) is 4.85 Å². The molecule has 3 nitrogen and oxygen atoms in total. The molecular weight excluding hydrogens is 332 g/mol. The number of rotatable bonds is 5. The second-order valence-corrected chi connectivity index (χ2v) is 6.04. The molecule has 0 aliphatic rings. The van der Waals surface area contributed by atoms with Crippen LogP contribution in [0, 0.1) is 6.57 Å². The van der Waals surface area contributed by atoms with Crippen LogP contribution in [0.4, 0.5) is 11.4 Å². The van der Waals surface area contributed by atoms with Crippen molar-refractivity contribution in [2.75, 3.05) is 12.8 Å². The van der Waals surface area contributed by atoms with Gasteiger partial charge in [-0.3, -0.25) is 0 Å². The van der Waals surface area contributed by atoms with Crippen LogP contribution in [0.5, 0.6) is 5.75 Å². The van der Waals surface area contributed by atoms with Crippen LogP contribution in [0.3, 0.4) is 0 Å². The topological polar surface area (TPSA) is 39.6 Å². The third-order valence-electron chi connectivity index (χ3n) is 4.14. The van der Waals surface area contributed by atoms with Gasteiger partial charge in [0, 0.05) is 11.3 Å². The summed E-state index contributed by atoms with van der Waals surface area (Å²) in [6, 6.07) is 21.3. The van der Waals surface area contributed by atoms with Crippen LogP contribution < -0.4 is 10.5 Å². The second-order valence-electron chi connectivity index (χ2n) is 6.04. The molecule has 3 aromatic rings. The molecule has 3 rings (SSSR count). The number of nitrogen functional groups attached to an aromatic ring is 1.